The highest BCUT2D eigenvalue weighted by Gasteiger charge is 2.24. The largest absolute Gasteiger partial charge is 0.335 e. The van der Waals surface area contributed by atoms with E-state index in [1.54, 1.807) is 7.05 Å². The Morgan fingerprint density at radius 1 is 1.10 bits per heavy atom. The fourth-order valence-corrected chi connectivity index (χ4v) is 4.10. The summed E-state index contributed by atoms with van der Waals surface area (Å²) >= 11 is 0. The van der Waals surface area contributed by atoms with Crippen LogP contribution in [0.3, 0.4) is 0 Å². The van der Waals surface area contributed by atoms with Gasteiger partial charge in [0.1, 0.15) is 5.84 Å². The zero-order chi connectivity index (χ0) is 22.8. The molecule has 168 valence electrons. The van der Waals surface area contributed by atoms with Gasteiger partial charge in [0.05, 0.1) is 0 Å². The summed E-state index contributed by atoms with van der Waals surface area (Å²) in [5.74, 6) is 6.99. The van der Waals surface area contributed by atoms with Crippen LogP contribution in [0.15, 0.2) is 53.5 Å². The van der Waals surface area contributed by atoms with Gasteiger partial charge in [-0.3, -0.25) is 9.79 Å². The predicted octanol–water partition coefficient (Wildman–Crippen LogP) is 5.15. The standard InChI is InChI=1S/C26H38N4O/c1-6-8-13-25(31)30(24(7-2)19(3)4)18-20-14-16-21(17-15-20)22-11-9-10-12-23(22)26(28-5)29-27/h9-12,14-17,19,24H,6-8,13,18,27H2,1-5H3,(H,28,29). The number of amidine groups is 1. The lowest BCUT2D eigenvalue weighted by atomic mass is 9.96. The maximum Gasteiger partial charge on any atom is 0.223 e. The molecular formula is C26H38N4O. The van der Waals surface area contributed by atoms with Crippen LogP contribution in [0.4, 0.5) is 0 Å². The van der Waals surface area contributed by atoms with Crippen LogP contribution in [0.25, 0.3) is 11.1 Å². The van der Waals surface area contributed by atoms with E-state index in [1.165, 1.54) is 0 Å². The number of unbranched alkanes of at least 4 members (excludes halogenated alkanes) is 1. The Bertz CT molecular complexity index is 858. The molecule has 1 atom stereocenters. The van der Waals surface area contributed by atoms with Gasteiger partial charge in [-0.05, 0) is 35.4 Å². The molecule has 0 heterocycles. The van der Waals surface area contributed by atoms with Crippen molar-refractivity contribution in [3.05, 3.63) is 59.7 Å². The van der Waals surface area contributed by atoms with E-state index in [0.29, 0.717) is 24.7 Å². The van der Waals surface area contributed by atoms with Gasteiger partial charge in [0.15, 0.2) is 0 Å². The molecule has 31 heavy (non-hydrogen) atoms. The Hall–Kier alpha value is -2.66. The average molecular weight is 423 g/mol. The molecule has 0 fully saturated rings. The minimum Gasteiger partial charge on any atom is -0.335 e. The van der Waals surface area contributed by atoms with Crippen molar-refractivity contribution in [3.8, 4) is 11.1 Å². The van der Waals surface area contributed by atoms with Crippen LogP contribution in [-0.2, 0) is 11.3 Å². The number of rotatable bonds is 10. The van der Waals surface area contributed by atoms with Gasteiger partial charge in [0.25, 0.3) is 0 Å². The molecule has 0 bridgehead atoms. The highest BCUT2D eigenvalue weighted by atomic mass is 16.2. The smallest absolute Gasteiger partial charge is 0.223 e. The predicted molar refractivity (Wildman–Crippen MR) is 131 cm³/mol. The molecular weight excluding hydrogens is 384 g/mol. The molecule has 5 heteroatoms. The lowest BCUT2D eigenvalue weighted by Gasteiger charge is -2.34. The van der Waals surface area contributed by atoms with E-state index >= 15 is 0 Å². The zero-order valence-electron chi connectivity index (χ0n) is 19.7. The quantitative estimate of drug-likeness (QED) is 0.241. The van der Waals surface area contributed by atoms with Crippen molar-refractivity contribution in [1.29, 1.82) is 0 Å². The van der Waals surface area contributed by atoms with Crippen LogP contribution in [-0.4, -0.2) is 29.7 Å². The number of aliphatic imine (C=N–C) groups is 1. The van der Waals surface area contributed by atoms with Gasteiger partial charge in [-0.15, -0.1) is 0 Å². The van der Waals surface area contributed by atoms with Crippen LogP contribution in [0.1, 0.15) is 64.5 Å². The van der Waals surface area contributed by atoms with E-state index in [4.69, 9.17) is 5.84 Å². The van der Waals surface area contributed by atoms with Crippen LogP contribution in [0, 0.1) is 5.92 Å². The number of carbonyl (C=O) groups excluding carboxylic acids is 1. The van der Waals surface area contributed by atoms with Crippen LogP contribution < -0.4 is 11.3 Å². The van der Waals surface area contributed by atoms with Crippen molar-refractivity contribution >= 4 is 11.7 Å². The lowest BCUT2D eigenvalue weighted by Crippen LogP contribution is -2.42. The third-order valence-corrected chi connectivity index (χ3v) is 5.81. The molecule has 0 aliphatic heterocycles. The first-order valence-corrected chi connectivity index (χ1v) is 11.4. The SMILES string of the molecule is CCCCC(=O)N(Cc1ccc(-c2ccccc2C(=NC)NN)cc1)C(CC)C(C)C. The van der Waals surface area contributed by atoms with Gasteiger partial charge in [-0.25, -0.2) is 5.84 Å². The van der Waals surface area contributed by atoms with Crippen molar-refractivity contribution in [1.82, 2.24) is 10.3 Å². The summed E-state index contributed by atoms with van der Waals surface area (Å²) in [5, 5.41) is 0. The number of carbonyl (C=O) groups is 1. The Morgan fingerprint density at radius 3 is 2.32 bits per heavy atom. The number of hydrogen-bond donors (Lipinski definition) is 2. The monoisotopic (exact) mass is 422 g/mol. The first kappa shape index (κ1) is 24.6. The number of amides is 1. The number of nitrogens with two attached hydrogens (primary N) is 1. The molecule has 0 radical (unpaired) electrons. The van der Waals surface area contributed by atoms with Gasteiger partial charge in [-0.1, -0.05) is 82.6 Å². The van der Waals surface area contributed by atoms with Gasteiger partial charge in [-0.2, -0.15) is 0 Å². The second-order valence-electron chi connectivity index (χ2n) is 8.30. The summed E-state index contributed by atoms with van der Waals surface area (Å²) in [4.78, 5) is 19.3. The number of hydrazine groups is 1. The third kappa shape index (κ3) is 6.41. The molecule has 0 saturated heterocycles. The summed E-state index contributed by atoms with van der Waals surface area (Å²) in [5.41, 5.74) is 6.95. The zero-order valence-corrected chi connectivity index (χ0v) is 19.7. The molecule has 0 aliphatic rings. The van der Waals surface area contributed by atoms with E-state index in [-0.39, 0.29) is 11.9 Å². The van der Waals surface area contributed by atoms with Crippen LogP contribution in [0.2, 0.25) is 0 Å². The Kier molecular flexibility index (Phi) is 9.73. The number of hydrogen-bond acceptors (Lipinski definition) is 3. The normalized spacial score (nSPS) is 12.7. The number of nitrogens with zero attached hydrogens (tertiary/aromatic N) is 2. The average Bonchev–Trinajstić information content (AvgIpc) is 2.78. The third-order valence-electron chi connectivity index (χ3n) is 5.81. The number of nitrogens with one attached hydrogen (secondary N) is 1. The Balaban J connectivity index is 2.30. The van der Waals surface area contributed by atoms with Crippen molar-refractivity contribution in [2.75, 3.05) is 7.05 Å². The van der Waals surface area contributed by atoms with Crippen molar-refractivity contribution in [2.24, 2.45) is 16.8 Å². The fraction of sp³-hybridized carbons (Fsp3) is 0.462. The molecule has 1 amide bonds. The second-order valence-corrected chi connectivity index (χ2v) is 8.30. The maximum atomic E-state index is 13.0. The van der Waals surface area contributed by atoms with Gasteiger partial charge < -0.3 is 10.3 Å². The minimum atomic E-state index is 0.253. The lowest BCUT2D eigenvalue weighted by molar-refractivity contribution is -0.135. The van der Waals surface area contributed by atoms with E-state index in [1.807, 2.05) is 18.2 Å². The molecule has 0 aromatic heterocycles. The van der Waals surface area contributed by atoms with Crippen LogP contribution in [0.5, 0.6) is 0 Å². The molecule has 5 nitrogen and oxygen atoms in total. The summed E-state index contributed by atoms with van der Waals surface area (Å²) in [6, 6.07) is 16.8. The molecule has 2 aromatic rings. The molecule has 0 saturated carbocycles. The molecule has 2 rings (SSSR count). The highest BCUT2D eigenvalue weighted by molar-refractivity contribution is 6.04. The second kappa shape index (κ2) is 12.3. The topological polar surface area (TPSA) is 70.7 Å². The summed E-state index contributed by atoms with van der Waals surface area (Å²) < 4.78 is 0. The van der Waals surface area contributed by atoms with E-state index < -0.39 is 0 Å². The summed E-state index contributed by atoms with van der Waals surface area (Å²) in [7, 11) is 1.72. The Morgan fingerprint density at radius 2 is 1.77 bits per heavy atom. The van der Waals surface area contributed by atoms with Gasteiger partial charge in [0.2, 0.25) is 5.91 Å². The van der Waals surface area contributed by atoms with E-state index in [0.717, 1.165) is 41.5 Å². The van der Waals surface area contributed by atoms with Gasteiger partial charge in [0, 0.05) is 31.6 Å². The van der Waals surface area contributed by atoms with Crippen molar-refractivity contribution in [2.45, 2.75) is 66.0 Å². The van der Waals surface area contributed by atoms with Gasteiger partial charge >= 0.3 is 0 Å². The summed E-state index contributed by atoms with van der Waals surface area (Å²) in [6.07, 6.45) is 3.56. The molecule has 0 spiro atoms. The van der Waals surface area contributed by atoms with E-state index in [9.17, 15) is 4.79 Å². The molecule has 0 aliphatic carbocycles. The fourth-order valence-electron chi connectivity index (χ4n) is 4.10. The Labute approximate surface area is 187 Å². The highest BCUT2D eigenvalue weighted by Crippen LogP contribution is 2.26. The first-order chi connectivity index (χ1) is 15.0. The molecule has 3 N–H and O–H groups in total. The van der Waals surface area contributed by atoms with Crippen LogP contribution >= 0.6 is 0 Å². The van der Waals surface area contributed by atoms with E-state index in [2.05, 4.69) is 73.3 Å². The summed E-state index contributed by atoms with van der Waals surface area (Å²) in [6.45, 7) is 9.35. The first-order valence-electron chi connectivity index (χ1n) is 11.4. The van der Waals surface area contributed by atoms with Crippen molar-refractivity contribution < 1.29 is 4.79 Å². The number of benzene rings is 2. The maximum absolute atomic E-state index is 13.0. The molecule has 2 aromatic carbocycles. The minimum absolute atomic E-state index is 0.253. The molecule has 1 unspecified atom stereocenters. The van der Waals surface area contributed by atoms with Crippen molar-refractivity contribution in [3.63, 3.8) is 0 Å².